The molecule has 0 saturated carbocycles. The zero-order chi connectivity index (χ0) is 12.7. The molecule has 0 atom stereocenters. The molecule has 0 bridgehead atoms. The van der Waals surface area contributed by atoms with Crippen LogP contribution in [0.4, 0.5) is 5.69 Å². The monoisotopic (exact) mass is 277 g/mol. The van der Waals surface area contributed by atoms with E-state index in [4.69, 9.17) is 5.73 Å². The van der Waals surface area contributed by atoms with E-state index in [9.17, 15) is 0 Å². The molecule has 0 unspecified atom stereocenters. The van der Waals surface area contributed by atoms with E-state index in [-0.39, 0.29) is 0 Å². The number of aryl methyl sites for hydroxylation is 1. The first-order valence-corrected chi connectivity index (χ1v) is 6.97. The Bertz CT molecular complexity index is 715. The zero-order valence-corrected chi connectivity index (χ0v) is 11.5. The Labute approximate surface area is 112 Å². The quantitative estimate of drug-likeness (QED) is 0.729. The third kappa shape index (κ3) is 1.95. The van der Waals surface area contributed by atoms with Crippen LogP contribution in [-0.2, 0) is 7.05 Å². The van der Waals surface area contributed by atoms with E-state index in [1.165, 1.54) is 11.8 Å². The number of rotatable bonds is 2. The minimum Gasteiger partial charge on any atom is -0.399 e. The lowest BCUT2D eigenvalue weighted by Gasteiger charge is -1.96. The van der Waals surface area contributed by atoms with Gasteiger partial charge in [0.15, 0.2) is 9.50 Å². The lowest BCUT2D eigenvalue weighted by Crippen LogP contribution is -1.92. The molecule has 3 aromatic rings. The van der Waals surface area contributed by atoms with E-state index in [1.807, 2.05) is 36.7 Å². The Hall–Kier alpha value is -1.60. The molecule has 92 valence electrons. The molecular weight excluding hydrogens is 266 g/mol. The maximum Gasteiger partial charge on any atom is 0.198 e. The van der Waals surface area contributed by atoms with Crippen LogP contribution < -0.4 is 5.73 Å². The van der Waals surface area contributed by atoms with Crippen LogP contribution in [0.15, 0.2) is 27.7 Å². The molecule has 0 aliphatic rings. The second kappa shape index (κ2) is 4.25. The molecule has 0 aliphatic heterocycles. The van der Waals surface area contributed by atoms with Gasteiger partial charge in [0, 0.05) is 12.7 Å². The smallest absolute Gasteiger partial charge is 0.198 e. The molecule has 0 saturated heterocycles. The average molecular weight is 277 g/mol. The van der Waals surface area contributed by atoms with Gasteiger partial charge >= 0.3 is 0 Å². The number of thiazole rings is 1. The van der Waals surface area contributed by atoms with Crippen molar-refractivity contribution in [2.75, 3.05) is 5.73 Å². The standard InChI is InChI=1S/C11H11N5S2/c1-6-14-15-10(16(6)2)18-11-13-8-4-3-7(12)5-9(8)17-11/h3-5H,12H2,1-2H3. The Kier molecular flexibility index (Phi) is 2.71. The Morgan fingerprint density at radius 1 is 1.33 bits per heavy atom. The van der Waals surface area contributed by atoms with Gasteiger partial charge in [0.25, 0.3) is 0 Å². The van der Waals surface area contributed by atoms with Crippen LogP contribution in [0.25, 0.3) is 10.2 Å². The van der Waals surface area contributed by atoms with Crippen LogP contribution in [0.3, 0.4) is 0 Å². The first-order valence-electron chi connectivity index (χ1n) is 5.33. The topological polar surface area (TPSA) is 69.6 Å². The van der Waals surface area contributed by atoms with E-state index in [0.29, 0.717) is 0 Å². The largest absolute Gasteiger partial charge is 0.399 e. The SMILES string of the molecule is Cc1nnc(Sc2nc3ccc(N)cc3s2)n1C. The number of aromatic nitrogens is 4. The van der Waals surface area contributed by atoms with Crippen molar-refractivity contribution in [3.8, 4) is 0 Å². The van der Waals surface area contributed by atoms with E-state index in [2.05, 4.69) is 15.2 Å². The van der Waals surface area contributed by atoms with E-state index in [1.54, 1.807) is 11.3 Å². The number of anilines is 1. The van der Waals surface area contributed by atoms with Gasteiger partial charge in [-0.15, -0.1) is 21.5 Å². The van der Waals surface area contributed by atoms with Crippen LogP contribution in [0, 0.1) is 6.92 Å². The molecule has 2 N–H and O–H groups in total. The number of nitrogen functional groups attached to an aromatic ring is 1. The summed E-state index contributed by atoms with van der Waals surface area (Å²) in [4.78, 5) is 4.54. The Balaban J connectivity index is 1.98. The summed E-state index contributed by atoms with van der Waals surface area (Å²) in [5.74, 6) is 0.892. The summed E-state index contributed by atoms with van der Waals surface area (Å²) in [5.41, 5.74) is 7.49. The van der Waals surface area contributed by atoms with Crippen molar-refractivity contribution in [2.45, 2.75) is 16.4 Å². The van der Waals surface area contributed by atoms with Crippen molar-refractivity contribution < 1.29 is 0 Å². The lowest BCUT2D eigenvalue weighted by molar-refractivity contribution is 0.765. The zero-order valence-electron chi connectivity index (χ0n) is 9.91. The van der Waals surface area contributed by atoms with Gasteiger partial charge in [-0.3, -0.25) is 0 Å². The molecule has 18 heavy (non-hydrogen) atoms. The predicted molar refractivity (Wildman–Crippen MR) is 73.9 cm³/mol. The second-order valence-corrected chi connectivity index (χ2v) is 6.14. The molecule has 0 spiro atoms. The summed E-state index contributed by atoms with van der Waals surface area (Å²) in [6, 6.07) is 5.75. The Morgan fingerprint density at radius 3 is 2.89 bits per heavy atom. The summed E-state index contributed by atoms with van der Waals surface area (Å²) >= 11 is 3.14. The van der Waals surface area contributed by atoms with Crippen molar-refractivity contribution in [2.24, 2.45) is 7.05 Å². The fourth-order valence-corrected chi connectivity index (χ4v) is 3.57. The molecule has 0 fully saturated rings. The fourth-order valence-electron chi connectivity index (χ4n) is 1.52. The molecule has 0 radical (unpaired) electrons. The lowest BCUT2D eigenvalue weighted by atomic mass is 10.3. The van der Waals surface area contributed by atoms with Crippen molar-refractivity contribution >= 4 is 39.0 Å². The van der Waals surface area contributed by atoms with Gasteiger partial charge in [0.2, 0.25) is 0 Å². The highest BCUT2D eigenvalue weighted by Gasteiger charge is 2.11. The van der Waals surface area contributed by atoms with Gasteiger partial charge in [-0.1, -0.05) is 0 Å². The van der Waals surface area contributed by atoms with Crippen molar-refractivity contribution in [3.05, 3.63) is 24.0 Å². The third-order valence-corrected chi connectivity index (χ3v) is 4.74. The van der Waals surface area contributed by atoms with E-state index >= 15 is 0 Å². The molecule has 5 nitrogen and oxygen atoms in total. The average Bonchev–Trinajstić information content (AvgIpc) is 2.86. The van der Waals surface area contributed by atoms with Crippen molar-refractivity contribution in [1.29, 1.82) is 0 Å². The summed E-state index contributed by atoms with van der Waals surface area (Å²) in [7, 11) is 1.95. The number of hydrogen-bond acceptors (Lipinski definition) is 6. The number of hydrogen-bond donors (Lipinski definition) is 1. The summed E-state index contributed by atoms with van der Waals surface area (Å²) in [6.45, 7) is 1.93. The van der Waals surface area contributed by atoms with Gasteiger partial charge in [-0.05, 0) is 36.9 Å². The van der Waals surface area contributed by atoms with Gasteiger partial charge in [-0.25, -0.2) is 4.98 Å². The molecular formula is C11H11N5S2. The molecule has 0 amide bonds. The summed E-state index contributed by atoms with van der Waals surface area (Å²) < 4.78 is 3.99. The number of nitrogens with zero attached hydrogens (tertiary/aromatic N) is 4. The molecule has 3 rings (SSSR count). The molecule has 7 heteroatoms. The number of benzene rings is 1. The van der Waals surface area contributed by atoms with E-state index in [0.717, 1.165) is 31.2 Å². The van der Waals surface area contributed by atoms with Gasteiger partial charge in [0.1, 0.15) is 5.82 Å². The molecule has 1 aromatic carbocycles. The van der Waals surface area contributed by atoms with E-state index < -0.39 is 0 Å². The molecule has 2 heterocycles. The first-order chi connectivity index (χ1) is 8.63. The third-order valence-electron chi connectivity index (χ3n) is 2.62. The first kappa shape index (κ1) is 11.5. The van der Waals surface area contributed by atoms with Gasteiger partial charge in [-0.2, -0.15) is 0 Å². The highest BCUT2D eigenvalue weighted by molar-refractivity contribution is 8.01. The highest BCUT2D eigenvalue weighted by atomic mass is 32.2. The maximum absolute atomic E-state index is 5.76. The predicted octanol–water partition coefficient (Wildman–Crippen LogP) is 2.47. The minimum absolute atomic E-state index is 0.761. The highest BCUT2D eigenvalue weighted by Crippen LogP contribution is 2.34. The summed E-state index contributed by atoms with van der Waals surface area (Å²) in [5, 5.41) is 8.99. The summed E-state index contributed by atoms with van der Waals surface area (Å²) in [6.07, 6.45) is 0. The van der Waals surface area contributed by atoms with Crippen LogP contribution in [0.1, 0.15) is 5.82 Å². The Morgan fingerprint density at radius 2 is 2.17 bits per heavy atom. The van der Waals surface area contributed by atoms with Gasteiger partial charge < -0.3 is 10.3 Å². The second-order valence-electron chi connectivity index (χ2n) is 3.90. The number of fused-ring (bicyclic) bond motifs is 1. The molecule has 0 aliphatic carbocycles. The normalized spacial score (nSPS) is 11.2. The van der Waals surface area contributed by atoms with Crippen LogP contribution in [-0.4, -0.2) is 19.7 Å². The maximum atomic E-state index is 5.76. The molecule has 2 aromatic heterocycles. The van der Waals surface area contributed by atoms with Crippen LogP contribution in [0.5, 0.6) is 0 Å². The minimum atomic E-state index is 0.761. The van der Waals surface area contributed by atoms with Crippen molar-refractivity contribution in [1.82, 2.24) is 19.7 Å². The fraction of sp³-hybridized carbons (Fsp3) is 0.182. The van der Waals surface area contributed by atoms with Gasteiger partial charge in [0.05, 0.1) is 10.2 Å². The van der Waals surface area contributed by atoms with Crippen LogP contribution >= 0.6 is 23.1 Å². The van der Waals surface area contributed by atoms with Crippen LogP contribution in [0.2, 0.25) is 0 Å². The van der Waals surface area contributed by atoms with Crippen molar-refractivity contribution in [3.63, 3.8) is 0 Å². The number of nitrogens with two attached hydrogens (primary N) is 1.